The molecule has 2 aromatic heterocycles. The Kier molecular flexibility index (Phi) is 3.48. The molecule has 0 fully saturated rings. The van der Waals surface area contributed by atoms with Gasteiger partial charge in [0, 0.05) is 12.7 Å². The number of carbonyl (C=O) groups is 1. The second-order valence-electron chi connectivity index (χ2n) is 3.37. The third-order valence-electron chi connectivity index (χ3n) is 2.19. The van der Waals surface area contributed by atoms with Gasteiger partial charge in [-0.2, -0.15) is 5.10 Å². The summed E-state index contributed by atoms with van der Waals surface area (Å²) in [6.45, 7) is 4.70. The molecule has 0 spiro atoms. The van der Waals surface area contributed by atoms with Gasteiger partial charge in [-0.15, -0.1) is 10.2 Å². The van der Waals surface area contributed by atoms with Gasteiger partial charge >= 0.3 is 0 Å². The zero-order chi connectivity index (χ0) is 12.3. The summed E-state index contributed by atoms with van der Waals surface area (Å²) in [5, 5.41) is 16.0. The van der Waals surface area contributed by atoms with Crippen LogP contribution in [0.15, 0.2) is 12.3 Å². The van der Waals surface area contributed by atoms with E-state index in [1.54, 1.807) is 16.9 Å². The number of rotatable bonds is 4. The van der Waals surface area contributed by atoms with Crippen molar-refractivity contribution >= 4 is 22.4 Å². The third-order valence-corrected chi connectivity index (χ3v) is 3.17. The minimum atomic E-state index is -0.254. The maximum atomic E-state index is 11.8. The maximum Gasteiger partial charge on any atom is 0.277 e. The number of hydrogen-bond acceptors (Lipinski definition) is 5. The quantitative estimate of drug-likeness (QED) is 0.895. The number of anilines is 1. The molecule has 6 nitrogen and oxygen atoms in total. The van der Waals surface area contributed by atoms with Gasteiger partial charge < -0.3 is 0 Å². The Morgan fingerprint density at radius 1 is 1.47 bits per heavy atom. The smallest absolute Gasteiger partial charge is 0.277 e. The van der Waals surface area contributed by atoms with Crippen LogP contribution in [0.1, 0.15) is 29.3 Å². The fourth-order valence-electron chi connectivity index (χ4n) is 1.27. The van der Waals surface area contributed by atoms with Crippen molar-refractivity contribution in [1.29, 1.82) is 0 Å². The van der Waals surface area contributed by atoms with E-state index in [1.165, 1.54) is 11.3 Å². The zero-order valence-corrected chi connectivity index (χ0v) is 10.5. The van der Waals surface area contributed by atoms with Gasteiger partial charge in [0.25, 0.3) is 5.91 Å². The molecule has 0 aliphatic heterocycles. The summed E-state index contributed by atoms with van der Waals surface area (Å²) in [5.74, 6) is -0.254. The maximum absolute atomic E-state index is 11.8. The molecule has 7 heteroatoms. The van der Waals surface area contributed by atoms with Gasteiger partial charge in [0.2, 0.25) is 5.13 Å². The number of aromatic nitrogens is 4. The molecule has 1 N–H and O–H groups in total. The van der Waals surface area contributed by atoms with E-state index in [0.717, 1.165) is 18.0 Å². The lowest BCUT2D eigenvalue weighted by atomic mass is 10.4. The van der Waals surface area contributed by atoms with Gasteiger partial charge in [0.1, 0.15) is 5.01 Å². The molecule has 17 heavy (non-hydrogen) atoms. The summed E-state index contributed by atoms with van der Waals surface area (Å²) in [6.07, 6.45) is 2.59. The minimum Gasteiger partial charge on any atom is -0.295 e. The van der Waals surface area contributed by atoms with Crippen molar-refractivity contribution in [2.45, 2.75) is 26.8 Å². The van der Waals surface area contributed by atoms with Crippen LogP contribution in [0.2, 0.25) is 0 Å². The van der Waals surface area contributed by atoms with Crippen LogP contribution in [0.25, 0.3) is 0 Å². The number of nitrogens with zero attached hydrogens (tertiary/aromatic N) is 4. The number of amides is 1. The molecular formula is C10H13N5OS. The van der Waals surface area contributed by atoms with E-state index in [4.69, 9.17) is 0 Å². The molecule has 2 aromatic rings. The third kappa shape index (κ3) is 2.68. The van der Waals surface area contributed by atoms with Gasteiger partial charge in [-0.05, 0) is 19.4 Å². The zero-order valence-electron chi connectivity index (χ0n) is 9.67. The first-order valence-electron chi connectivity index (χ1n) is 5.40. The van der Waals surface area contributed by atoms with E-state index in [0.29, 0.717) is 10.8 Å². The lowest BCUT2D eigenvalue weighted by molar-refractivity contribution is 0.102. The first-order valence-corrected chi connectivity index (χ1v) is 6.21. The predicted molar refractivity (Wildman–Crippen MR) is 65.1 cm³/mol. The molecule has 0 aromatic carbocycles. The first kappa shape index (κ1) is 11.7. The molecule has 0 atom stereocenters. The van der Waals surface area contributed by atoms with Crippen molar-refractivity contribution in [1.82, 2.24) is 20.0 Å². The van der Waals surface area contributed by atoms with Crippen LogP contribution in [0.5, 0.6) is 0 Å². The molecule has 90 valence electrons. The molecule has 1 amide bonds. The Labute approximate surface area is 103 Å². The molecule has 0 saturated heterocycles. The summed E-state index contributed by atoms with van der Waals surface area (Å²) in [4.78, 5) is 11.8. The highest BCUT2D eigenvalue weighted by Crippen LogP contribution is 2.15. The Morgan fingerprint density at radius 3 is 2.88 bits per heavy atom. The van der Waals surface area contributed by atoms with E-state index in [9.17, 15) is 4.79 Å². The van der Waals surface area contributed by atoms with Crippen LogP contribution in [0.4, 0.5) is 5.13 Å². The SMILES string of the molecule is CCc1nnc(NC(=O)c2ccn(CC)n2)s1. The van der Waals surface area contributed by atoms with Gasteiger partial charge in [0.15, 0.2) is 5.69 Å². The number of nitrogens with one attached hydrogen (secondary N) is 1. The van der Waals surface area contributed by atoms with Crippen LogP contribution >= 0.6 is 11.3 Å². The summed E-state index contributed by atoms with van der Waals surface area (Å²) < 4.78 is 1.70. The van der Waals surface area contributed by atoms with E-state index in [2.05, 4.69) is 20.6 Å². The highest BCUT2D eigenvalue weighted by atomic mass is 32.1. The standard InChI is InChI=1S/C10H13N5OS/c1-3-8-12-13-10(17-8)11-9(16)7-5-6-15(4-2)14-7/h5-6H,3-4H2,1-2H3,(H,11,13,16). The van der Waals surface area contributed by atoms with Crippen LogP contribution in [0.3, 0.4) is 0 Å². The normalized spacial score (nSPS) is 10.5. The number of hydrogen-bond donors (Lipinski definition) is 1. The summed E-state index contributed by atoms with van der Waals surface area (Å²) in [6, 6.07) is 1.68. The van der Waals surface area contributed by atoms with E-state index >= 15 is 0 Å². The highest BCUT2D eigenvalue weighted by molar-refractivity contribution is 7.15. The fourth-order valence-corrected chi connectivity index (χ4v) is 1.94. The number of aryl methyl sites for hydroxylation is 2. The van der Waals surface area contributed by atoms with Crippen molar-refractivity contribution < 1.29 is 4.79 Å². The van der Waals surface area contributed by atoms with Crippen LogP contribution < -0.4 is 5.32 Å². The summed E-state index contributed by atoms with van der Waals surface area (Å²) in [7, 11) is 0. The predicted octanol–water partition coefficient (Wildman–Crippen LogP) is 1.57. The molecule has 2 rings (SSSR count). The van der Waals surface area contributed by atoms with Crippen molar-refractivity contribution in [3.05, 3.63) is 23.0 Å². The van der Waals surface area contributed by atoms with Gasteiger partial charge in [0.05, 0.1) is 0 Å². The minimum absolute atomic E-state index is 0.254. The van der Waals surface area contributed by atoms with Crippen LogP contribution in [-0.2, 0) is 13.0 Å². The van der Waals surface area contributed by atoms with Crippen molar-refractivity contribution in [3.8, 4) is 0 Å². The Bertz CT molecular complexity index is 518. The second kappa shape index (κ2) is 5.05. The molecule has 0 saturated carbocycles. The topological polar surface area (TPSA) is 72.7 Å². The molecular weight excluding hydrogens is 238 g/mol. The van der Waals surface area contributed by atoms with Crippen LogP contribution in [-0.4, -0.2) is 25.9 Å². The Hall–Kier alpha value is -1.76. The average Bonchev–Trinajstić information content (AvgIpc) is 2.96. The fraction of sp³-hybridized carbons (Fsp3) is 0.400. The monoisotopic (exact) mass is 251 g/mol. The first-order chi connectivity index (χ1) is 8.22. The number of carbonyl (C=O) groups excluding carboxylic acids is 1. The van der Waals surface area contributed by atoms with Crippen molar-refractivity contribution in [2.24, 2.45) is 0 Å². The lowest BCUT2D eigenvalue weighted by Gasteiger charge is -1.96. The van der Waals surface area contributed by atoms with Gasteiger partial charge in [-0.1, -0.05) is 18.3 Å². The van der Waals surface area contributed by atoms with Crippen molar-refractivity contribution in [2.75, 3.05) is 5.32 Å². The van der Waals surface area contributed by atoms with Gasteiger partial charge in [-0.25, -0.2) is 0 Å². The van der Waals surface area contributed by atoms with Crippen LogP contribution in [0, 0.1) is 0 Å². The summed E-state index contributed by atoms with van der Waals surface area (Å²) in [5.41, 5.74) is 0.389. The van der Waals surface area contributed by atoms with E-state index < -0.39 is 0 Å². The lowest BCUT2D eigenvalue weighted by Crippen LogP contribution is -2.13. The van der Waals surface area contributed by atoms with Gasteiger partial charge in [-0.3, -0.25) is 14.8 Å². The Balaban J connectivity index is 2.05. The molecule has 0 unspecified atom stereocenters. The molecule has 0 aliphatic carbocycles. The summed E-state index contributed by atoms with van der Waals surface area (Å²) >= 11 is 1.38. The average molecular weight is 251 g/mol. The molecule has 0 bridgehead atoms. The Morgan fingerprint density at radius 2 is 2.29 bits per heavy atom. The second-order valence-corrected chi connectivity index (χ2v) is 4.43. The van der Waals surface area contributed by atoms with E-state index in [-0.39, 0.29) is 5.91 Å². The van der Waals surface area contributed by atoms with Crippen molar-refractivity contribution in [3.63, 3.8) is 0 Å². The molecule has 0 radical (unpaired) electrons. The molecule has 2 heterocycles. The van der Waals surface area contributed by atoms with E-state index in [1.807, 2.05) is 13.8 Å². The molecule has 0 aliphatic rings. The highest BCUT2D eigenvalue weighted by Gasteiger charge is 2.12. The largest absolute Gasteiger partial charge is 0.295 e.